The average Bonchev–Trinajstić information content (AvgIpc) is 3.64. The van der Waals surface area contributed by atoms with E-state index in [4.69, 9.17) is 14.5 Å². The van der Waals surface area contributed by atoms with E-state index in [1.807, 2.05) is 54.0 Å². The Labute approximate surface area is 230 Å². The van der Waals surface area contributed by atoms with Crippen molar-refractivity contribution < 1.29 is 19.1 Å². The molecule has 0 radical (unpaired) electrons. The molecule has 0 atom stereocenters. The van der Waals surface area contributed by atoms with Crippen LogP contribution in [-0.2, 0) is 17.9 Å². The van der Waals surface area contributed by atoms with Crippen molar-refractivity contribution in [2.24, 2.45) is 0 Å². The molecule has 1 N–H and O–H groups in total. The Kier molecular flexibility index (Phi) is 8.10. The van der Waals surface area contributed by atoms with Crippen LogP contribution in [-0.4, -0.2) is 54.3 Å². The van der Waals surface area contributed by atoms with Crippen LogP contribution in [0.2, 0.25) is 0 Å². The van der Waals surface area contributed by atoms with E-state index < -0.39 is 5.97 Å². The van der Waals surface area contributed by atoms with Crippen molar-refractivity contribution in [3.05, 3.63) is 95.6 Å². The molecular formula is C29H29N7O4. The molecule has 5 aromatic rings. The molecule has 40 heavy (non-hydrogen) atoms. The van der Waals surface area contributed by atoms with Gasteiger partial charge in [-0.2, -0.15) is 15.1 Å². The number of carbonyl (C=O) groups excluding carboxylic acids is 2. The van der Waals surface area contributed by atoms with Gasteiger partial charge in [-0.15, -0.1) is 0 Å². The van der Waals surface area contributed by atoms with Crippen molar-refractivity contribution in [3.8, 4) is 11.8 Å². The third-order valence-corrected chi connectivity index (χ3v) is 6.04. The molecule has 204 valence electrons. The minimum Gasteiger partial charge on any atom is -0.471 e. The van der Waals surface area contributed by atoms with Crippen molar-refractivity contribution >= 4 is 23.0 Å². The molecule has 0 fully saturated rings. The van der Waals surface area contributed by atoms with Crippen LogP contribution >= 0.6 is 0 Å². The van der Waals surface area contributed by atoms with Crippen LogP contribution in [0.25, 0.3) is 17.1 Å². The first kappa shape index (κ1) is 26.5. The van der Waals surface area contributed by atoms with E-state index in [1.165, 1.54) is 17.1 Å². The monoisotopic (exact) mass is 539 g/mol. The van der Waals surface area contributed by atoms with Crippen molar-refractivity contribution in [1.29, 1.82) is 0 Å². The molecule has 0 aliphatic rings. The molecule has 1 amide bonds. The largest absolute Gasteiger partial charge is 0.471 e. The van der Waals surface area contributed by atoms with Gasteiger partial charge in [-0.3, -0.25) is 4.79 Å². The van der Waals surface area contributed by atoms with Gasteiger partial charge in [-0.25, -0.2) is 14.5 Å². The lowest BCUT2D eigenvalue weighted by Crippen LogP contribution is -2.23. The number of ether oxygens (including phenoxy) is 2. The lowest BCUT2D eigenvalue weighted by molar-refractivity contribution is 0.0526. The smallest absolute Gasteiger partial charge is 0.341 e. The highest BCUT2D eigenvalue weighted by Gasteiger charge is 2.18. The van der Waals surface area contributed by atoms with Gasteiger partial charge in [0.15, 0.2) is 11.2 Å². The fourth-order valence-corrected chi connectivity index (χ4v) is 4.00. The minimum absolute atomic E-state index is 0.0968. The summed E-state index contributed by atoms with van der Waals surface area (Å²) >= 11 is 0. The van der Waals surface area contributed by atoms with Crippen LogP contribution in [0.3, 0.4) is 0 Å². The highest BCUT2D eigenvalue weighted by Crippen LogP contribution is 2.24. The maximum Gasteiger partial charge on any atom is 0.341 e. The third kappa shape index (κ3) is 5.98. The molecule has 0 aliphatic carbocycles. The summed E-state index contributed by atoms with van der Waals surface area (Å²) in [5.41, 5.74) is 3.85. The zero-order valence-corrected chi connectivity index (χ0v) is 22.3. The van der Waals surface area contributed by atoms with E-state index in [-0.39, 0.29) is 30.6 Å². The van der Waals surface area contributed by atoms with E-state index in [0.29, 0.717) is 35.7 Å². The molecular weight excluding hydrogens is 510 g/mol. The molecule has 0 aliphatic heterocycles. The lowest BCUT2D eigenvalue weighted by atomic mass is 10.1. The first-order valence-corrected chi connectivity index (χ1v) is 13.0. The number of esters is 1. The number of nitrogens with zero attached hydrogens (tertiary/aromatic N) is 6. The molecule has 3 aromatic heterocycles. The zero-order chi connectivity index (χ0) is 27.9. The average molecular weight is 540 g/mol. The first-order chi connectivity index (χ1) is 19.6. The van der Waals surface area contributed by atoms with Gasteiger partial charge in [-0.1, -0.05) is 49.4 Å². The number of aromatic nitrogens is 6. The summed E-state index contributed by atoms with van der Waals surface area (Å²) in [4.78, 5) is 38.3. The van der Waals surface area contributed by atoms with Gasteiger partial charge >= 0.3 is 5.97 Å². The van der Waals surface area contributed by atoms with Gasteiger partial charge in [0.25, 0.3) is 11.9 Å². The topological polar surface area (TPSA) is 126 Å². The minimum atomic E-state index is -0.479. The Morgan fingerprint density at radius 1 is 0.950 bits per heavy atom. The maximum atomic E-state index is 12.3. The van der Waals surface area contributed by atoms with E-state index in [2.05, 4.69) is 20.4 Å². The predicted molar refractivity (Wildman–Crippen MR) is 147 cm³/mol. The second kappa shape index (κ2) is 12.2. The SMILES string of the molecule is CCCNC(=O)c1ccc(Cn2cnc3c(OCc4ccccc4)nc(-n4cc(C(=O)OCC)cn4)nc32)cc1. The molecule has 0 bridgehead atoms. The number of hydrogen-bond acceptors (Lipinski definition) is 8. The van der Waals surface area contributed by atoms with Gasteiger partial charge in [0.1, 0.15) is 6.61 Å². The summed E-state index contributed by atoms with van der Waals surface area (Å²) in [6.07, 6.45) is 5.48. The highest BCUT2D eigenvalue weighted by atomic mass is 16.5. The lowest BCUT2D eigenvalue weighted by Gasteiger charge is -2.10. The fraction of sp³-hybridized carbons (Fsp3) is 0.241. The number of benzene rings is 2. The number of hydrogen-bond donors (Lipinski definition) is 1. The Morgan fingerprint density at radius 2 is 1.75 bits per heavy atom. The highest BCUT2D eigenvalue weighted by molar-refractivity contribution is 5.94. The normalized spacial score (nSPS) is 10.9. The number of imidazole rings is 1. The molecule has 0 unspecified atom stereocenters. The summed E-state index contributed by atoms with van der Waals surface area (Å²) in [6, 6.07) is 17.1. The summed E-state index contributed by atoms with van der Waals surface area (Å²) in [7, 11) is 0. The van der Waals surface area contributed by atoms with Crippen LogP contribution in [0.15, 0.2) is 73.3 Å². The van der Waals surface area contributed by atoms with Crippen LogP contribution < -0.4 is 10.1 Å². The Morgan fingerprint density at radius 3 is 2.50 bits per heavy atom. The van der Waals surface area contributed by atoms with Gasteiger partial charge in [0, 0.05) is 18.3 Å². The Bertz CT molecular complexity index is 1610. The summed E-state index contributed by atoms with van der Waals surface area (Å²) in [6.45, 7) is 5.38. The fourth-order valence-electron chi connectivity index (χ4n) is 4.00. The molecule has 0 saturated heterocycles. The van der Waals surface area contributed by atoms with Crippen molar-refractivity contribution in [1.82, 2.24) is 34.6 Å². The van der Waals surface area contributed by atoms with E-state index >= 15 is 0 Å². The van der Waals surface area contributed by atoms with Gasteiger partial charge in [-0.05, 0) is 36.6 Å². The first-order valence-electron chi connectivity index (χ1n) is 13.0. The second-order valence-corrected chi connectivity index (χ2v) is 8.99. The molecule has 5 rings (SSSR count). The van der Waals surface area contributed by atoms with Gasteiger partial charge < -0.3 is 19.4 Å². The summed E-state index contributed by atoms with van der Waals surface area (Å²) < 4.78 is 14.4. The number of amides is 1. The third-order valence-electron chi connectivity index (χ3n) is 6.04. The van der Waals surface area contributed by atoms with Crippen LogP contribution in [0.4, 0.5) is 0 Å². The molecule has 11 nitrogen and oxygen atoms in total. The molecule has 11 heteroatoms. The van der Waals surface area contributed by atoms with Crippen molar-refractivity contribution in [2.75, 3.05) is 13.2 Å². The second-order valence-electron chi connectivity index (χ2n) is 8.99. The summed E-state index contributed by atoms with van der Waals surface area (Å²) in [5.74, 6) is -0.0674. The van der Waals surface area contributed by atoms with E-state index in [1.54, 1.807) is 25.4 Å². The quantitative estimate of drug-likeness (QED) is 0.250. The Balaban J connectivity index is 1.47. The van der Waals surface area contributed by atoms with Crippen LogP contribution in [0.1, 0.15) is 52.1 Å². The van der Waals surface area contributed by atoms with Crippen LogP contribution in [0, 0.1) is 0 Å². The zero-order valence-electron chi connectivity index (χ0n) is 22.3. The molecule has 2 aromatic carbocycles. The van der Waals surface area contributed by atoms with Crippen molar-refractivity contribution in [3.63, 3.8) is 0 Å². The predicted octanol–water partition coefficient (Wildman–Crippen LogP) is 3.96. The Hall–Kier alpha value is -5.06. The number of carbonyl (C=O) groups is 2. The molecule has 3 heterocycles. The standard InChI is InChI=1S/C29H29N7O4/c1-3-14-30-26(37)22-12-10-20(11-13-22)16-35-19-31-24-25(35)33-29(36-17-23(15-32-36)28(38)39-4-2)34-27(24)40-18-21-8-6-5-7-9-21/h5-13,15,17,19H,3-4,14,16,18H2,1-2H3,(H,30,37). The summed E-state index contributed by atoms with van der Waals surface area (Å²) in [5, 5.41) is 7.15. The molecule has 0 spiro atoms. The number of fused-ring (bicyclic) bond motifs is 1. The molecule has 0 saturated carbocycles. The van der Waals surface area contributed by atoms with E-state index in [9.17, 15) is 9.59 Å². The number of rotatable bonds is 11. The van der Waals surface area contributed by atoms with Crippen molar-refractivity contribution in [2.45, 2.75) is 33.4 Å². The van der Waals surface area contributed by atoms with Crippen LogP contribution in [0.5, 0.6) is 5.88 Å². The van der Waals surface area contributed by atoms with E-state index in [0.717, 1.165) is 17.5 Å². The maximum absolute atomic E-state index is 12.3. The van der Waals surface area contributed by atoms with Gasteiger partial charge in [0.2, 0.25) is 5.88 Å². The number of nitrogens with one attached hydrogen (secondary N) is 1. The van der Waals surface area contributed by atoms with Gasteiger partial charge in [0.05, 0.1) is 31.2 Å².